The number of hydrogen-bond acceptors (Lipinski definition) is 2. The number of nitrogens with zero attached hydrogens (tertiary/aromatic N) is 1. The number of aryl methyl sites for hydroxylation is 1. The van der Waals surface area contributed by atoms with E-state index < -0.39 is 0 Å². The third-order valence-electron chi connectivity index (χ3n) is 1.35. The van der Waals surface area contributed by atoms with Crippen molar-refractivity contribution < 1.29 is 0 Å². The van der Waals surface area contributed by atoms with Crippen LogP contribution in [0.2, 0.25) is 0 Å². The minimum Gasteiger partial charge on any atom is -0.313 e. The lowest BCUT2D eigenvalue weighted by molar-refractivity contribution is 0.729. The van der Waals surface area contributed by atoms with Crippen molar-refractivity contribution in [1.82, 2.24) is 4.57 Å². The van der Waals surface area contributed by atoms with Gasteiger partial charge in [0.2, 0.25) is 0 Å². The van der Waals surface area contributed by atoms with Crippen molar-refractivity contribution in [2.24, 2.45) is 0 Å². The van der Waals surface area contributed by atoms with E-state index in [-0.39, 0.29) is 5.56 Å². The van der Waals surface area contributed by atoms with E-state index in [1.54, 1.807) is 16.8 Å². The molecule has 5 heteroatoms. The smallest absolute Gasteiger partial charge is 0.264 e. The fourth-order valence-corrected chi connectivity index (χ4v) is 2.31. The molecule has 1 heterocycles. The van der Waals surface area contributed by atoms with Crippen LogP contribution in [0.5, 0.6) is 0 Å². The van der Waals surface area contributed by atoms with Gasteiger partial charge in [0.15, 0.2) is 0 Å². The molecule has 2 nitrogen and oxygen atoms in total. The maximum Gasteiger partial charge on any atom is 0.264 e. The fraction of sp³-hybridized carbons (Fsp3) is 0.286. The van der Waals surface area contributed by atoms with Gasteiger partial charge in [0.05, 0.1) is 4.47 Å². The number of pyridine rings is 1. The zero-order valence-electron chi connectivity index (χ0n) is 6.13. The average molecular weight is 313 g/mol. The molecule has 0 saturated carbocycles. The first kappa shape index (κ1) is 10.3. The summed E-state index contributed by atoms with van der Waals surface area (Å²) in [6, 6.07) is 1.73. The largest absolute Gasteiger partial charge is 0.313 e. The Hall–Kier alpha value is 0.260. The second-order valence-corrected chi connectivity index (χ2v) is 4.45. The molecule has 0 unspecified atom stereocenters. The Kier molecular flexibility index (Phi) is 3.86. The van der Waals surface area contributed by atoms with E-state index in [0.29, 0.717) is 16.8 Å². The second-order valence-electron chi connectivity index (χ2n) is 2.23. The minimum atomic E-state index is -0.0211. The lowest BCUT2D eigenvalue weighted by Gasteiger charge is -2.03. The zero-order valence-corrected chi connectivity index (χ0v) is 10.2. The predicted octanol–water partition coefficient (Wildman–Crippen LogP) is 2.30. The van der Waals surface area contributed by atoms with Crippen molar-refractivity contribution >= 4 is 44.5 Å². The van der Waals surface area contributed by atoms with Crippen molar-refractivity contribution in [2.45, 2.75) is 6.54 Å². The highest BCUT2D eigenvalue weighted by Gasteiger charge is 2.01. The molecule has 0 bridgehead atoms. The molecule has 0 aliphatic heterocycles. The predicted molar refractivity (Wildman–Crippen MR) is 60.0 cm³/mol. The monoisotopic (exact) mass is 311 g/mol. The maximum atomic E-state index is 11.4. The van der Waals surface area contributed by atoms with Gasteiger partial charge in [-0.2, -0.15) is 12.6 Å². The molecule has 12 heavy (non-hydrogen) atoms. The molecule has 0 spiro atoms. The molecule has 1 aromatic rings. The highest BCUT2D eigenvalue weighted by atomic mass is 79.9. The second kappa shape index (κ2) is 4.48. The van der Waals surface area contributed by atoms with E-state index >= 15 is 0 Å². The molecule has 0 saturated heterocycles. The first-order valence-electron chi connectivity index (χ1n) is 3.31. The van der Waals surface area contributed by atoms with Crippen molar-refractivity contribution in [1.29, 1.82) is 0 Å². The van der Waals surface area contributed by atoms with Gasteiger partial charge in [-0.3, -0.25) is 4.79 Å². The minimum absolute atomic E-state index is 0.0211. The zero-order chi connectivity index (χ0) is 9.14. The van der Waals surface area contributed by atoms with E-state index in [1.807, 2.05) is 0 Å². The molecule has 0 atom stereocenters. The van der Waals surface area contributed by atoms with Gasteiger partial charge in [0, 0.05) is 23.0 Å². The number of halogens is 2. The standard InChI is InChI=1S/C7H7Br2NOS/c8-5-3-6(9)7(11)10(4-5)1-2-12/h3-4,12H,1-2H2. The average Bonchev–Trinajstić information content (AvgIpc) is 2.00. The highest BCUT2D eigenvalue weighted by molar-refractivity contribution is 9.11. The Morgan fingerprint density at radius 1 is 1.50 bits per heavy atom. The Balaban J connectivity index is 3.19. The lowest BCUT2D eigenvalue weighted by atomic mass is 10.5. The Morgan fingerprint density at radius 3 is 2.75 bits per heavy atom. The van der Waals surface area contributed by atoms with Gasteiger partial charge in [-0.15, -0.1) is 0 Å². The van der Waals surface area contributed by atoms with Crippen LogP contribution in [0.15, 0.2) is 26.0 Å². The molecule has 66 valence electrons. The van der Waals surface area contributed by atoms with Gasteiger partial charge in [-0.05, 0) is 37.9 Å². The Bertz CT molecular complexity index is 337. The molecule has 0 amide bonds. The van der Waals surface area contributed by atoms with E-state index in [4.69, 9.17) is 0 Å². The lowest BCUT2D eigenvalue weighted by Crippen LogP contribution is -2.20. The van der Waals surface area contributed by atoms with Gasteiger partial charge in [0.25, 0.3) is 5.56 Å². The van der Waals surface area contributed by atoms with Crippen molar-refractivity contribution in [3.63, 3.8) is 0 Å². The summed E-state index contributed by atoms with van der Waals surface area (Å²) in [6.07, 6.45) is 1.75. The van der Waals surface area contributed by atoms with Crippen LogP contribution >= 0.6 is 44.5 Å². The molecule has 0 radical (unpaired) electrons. The quantitative estimate of drug-likeness (QED) is 0.832. The van der Waals surface area contributed by atoms with Crippen molar-refractivity contribution in [3.8, 4) is 0 Å². The summed E-state index contributed by atoms with van der Waals surface area (Å²) in [5, 5.41) is 0. The van der Waals surface area contributed by atoms with E-state index in [2.05, 4.69) is 44.5 Å². The topological polar surface area (TPSA) is 22.0 Å². The third kappa shape index (κ3) is 2.37. The van der Waals surface area contributed by atoms with Gasteiger partial charge >= 0.3 is 0 Å². The number of aromatic nitrogens is 1. The summed E-state index contributed by atoms with van der Waals surface area (Å²) in [7, 11) is 0. The molecule has 0 N–H and O–H groups in total. The molecule has 0 fully saturated rings. The highest BCUT2D eigenvalue weighted by Crippen LogP contribution is 2.12. The summed E-state index contributed by atoms with van der Waals surface area (Å²) in [6.45, 7) is 0.625. The van der Waals surface area contributed by atoms with E-state index in [1.165, 1.54) is 0 Å². The van der Waals surface area contributed by atoms with Gasteiger partial charge in [-0.1, -0.05) is 0 Å². The molecule has 0 aliphatic rings. The van der Waals surface area contributed by atoms with Gasteiger partial charge in [0.1, 0.15) is 0 Å². The molecular formula is C7H7Br2NOS. The van der Waals surface area contributed by atoms with Crippen molar-refractivity contribution in [2.75, 3.05) is 5.75 Å². The van der Waals surface area contributed by atoms with Crippen LogP contribution in [0.1, 0.15) is 0 Å². The summed E-state index contributed by atoms with van der Waals surface area (Å²) >= 11 is 10.5. The summed E-state index contributed by atoms with van der Waals surface area (Å²) < 4.78 is 3.07. The van der Waals surface area contributed by atoms with Gasteiger partial charge in [-0.25, -0.2) is 0 Å². The van der Waals surface area contributed by atoms with Crippen LogP contribution in [0.3, 0.4) is 0 Å². The first-order valence-corrected chi connectivity index (χ1v) is 5.53. The van der Waals surface area contributed by atoms with Crippen LogP contribution < -0.4 is 5.56 Å². The SMILES string of the molecule is O=c1c(Br)cc(Br)cn1CCS. The number of hydrogen-bond donors (Lipinski definition) is 1. The molecule has 1 rings (SSSR count). The normalized spacial score (nSPS) is 10.2. The van der Waals surface area contributed by atoms with Crippen LogP contribution in [-0.4, -0.2) is 10.3 Å². The Morgan fingerprint density at radius 2 is 2.17 bits per heavy atom. The fourth-order valence-electron chi connectivity index (χ4n) is 0.839. The van der Waals surface area contributed by atoms with Gasteiger partial charge < -0.3 is 4.57 Å². The van der Waals surface area contributed by atoms with Crippen LogP contribution in [0.25, 0.3) is 0 Å². The first-order chi connectivity index (χ1) is 5.65. The Labute approximate surface area is 92.6 Å². The summed E-state index contributed by atoms with van der Waals surface area (Å²) in [5.41, 5.74) is -0.0211. The molecule has 1 aromatic heterocycles. The molecular weight excluding hydrogens is 306 g/mol. The third-order valence-corrected chi connectivity index (χ3v) is 2.55. The number of rotatable bonds is 2. The summed E-state index contributed by atoms with van der Waals surface area (Å²) in [5.74, 6) is 0.656. The maximum absolute atomic E-state index is 11.4. The van der Waals surface area contributed by atoms with Crippen LogP contribution in [0.4, 0.5) is 0 Å². The van der Waals surface area contributed by atoms with E-state index in [9.17, 15) is 4.79 Å². The van der Waals surface area contributed by atoms with Crippen LogP contribution in [-0.2, 0) is 6.54 Å². The summed E-state index contributed by atoms with van der Waals surface area (Å²) in [4.78, 5) is 11.4. The molecule has 0 aromatic carbocycles. The van der Waals surface area contributed by atoms with Crippen LogP contribution in [0, 0.1) is 0 Å². The van der Waals surface area contributed by atoms with E-state index in [0.717, 1.165) is 4.47 Å². The molecule has 0 aliphatic carbocycles. The number of thiol groups is 1. The van der Waals surface area contributed by atoms with Crippen molar-refractivity contribution in [3.05, 3.63) is 31.6 Å².